The highest BCUT2D eigenvalue weighted by molar-refractivity contribution is 7.89. The van der Waals surface area contributed by atoms with Gasteiger partial charge in [0.15, 0.2) is 0 Å². The van der Waals surface area contributed by atoms with Gasteiger partial charge in [0.25, 0.3) is 0 Å². The summed E-state index contributed by atoms with van der Waals surface area (Å²) in [6, 6.07) is 3.44. The molecular formula is C18H27FN4O5S. The van der Waals surface area contributed by atoms with Crippen LogP contribution in [0.1, 0.15) is 12.0 Å². The van der Waals surface area contributed by atoms with Gasteiger partial charge < -0.3 is 20.3 Å². The van der Waals surface area contributed by atoms with Crippen molar-refractivity contribution in [2.75, 3.05) is 46.9 Å². The van der Waals surface area contributed by atoms with Crippen LogP contribution in [-0.2, 0) is 24.3 Å². The molecule has 0 saturated carbocycles. The summed E-state index contributed by atoms with van der Waals surface area (Å²) in [5.41, 5.74) is 0.277. The van der Waals surface area contributed by atoms with Gasteiger partial charge in [0.05, 0.1) is 18.0 Å². The van der Waals surface area contributed by atoms with Gasteiger partial charge in [-0.15, -0.1) is 0 Å². The molecule has 9 nitrogen and oxygen atoms in total. The van der Waals surface area contributed by atoms with Crippen LogP contribution in [0.2, 0.25) is 0 Å². The summed E-state index contributed by atoms with van der Waals surface area (Å²) in [6.45, 7) is 2.73. The molecule has 162 valence electrons. The molecule has 0 spiro atoms. The van der Waals surface area contributed by atoms with Crippen molar-refractivity contribution < 1.29 is 27.1 Å². The van der Waals surface area contributed by atoms with Crippen molar-refractivity contribution in [3.8, 4) is 0 Å². The van der Waals surface area contributed by atoms with Crippen molar-refractivity contribution in [1.29, 1.82) is 0 Å². The van der Waals surface area contributed by atoms with E-state index in [1.807, 2.05) is 19.0 Å². The van der Waals surface area contributed by atoms with E-state index in [2.05, 4.69) is 10.6 Å². The second kappa shape index (κ2) is 10.1. The fourth-order valence-electron chi connectivity index (χ4n) is 2.86. The molecule has 1 saturated heterocycles. The van der Waals surface area contributed by atoms with Crippen LogP contribution >= 0.6 is 0 Å². The molecule has 0 aliphatic carbocycles. The van der Waals surface area contributed by atoms with Gasteiger partial charge in [-0.25, -0.2) is 12.8 Å². The summed E-state index contributed by atoms with van der Waals surface area (Å²) >= 11 is 0. The zero-order valence-electron chi connectivity index (χ0n) is 16.8. The average Bonchev–Trinajstić information content (AvgIpc) is 2.65. The average molecular weight is 431 g/mol. The predicted molar refractivity (Wildman–Crippen MR) is 104 cm³/mol. The number of nitrogens with zero attached hydrogens (tertiary/aromatic N) is 2. The first-order valence-corrected chi connectivity index (χ1v) is 10.7. The lowest BCUT2D eigenvalue weighted by molar-refractivity contribution is -0.140. The van der Waals surface area contributed by atoms with Gasteiger partial charge in [-0.2, -0.15) is 4.31 Å². The molecule has 2 amide bonds. The predicted octanol–water partition coefficient (Wildman–Crippen LogP) is -0.335. The molecule has 0 bridgehead atoms. The molecule has 1 heterocycles. The minimum atomic E-state index is -3.97. The van der Waals surface area contributed by atoms with Crippen LogP contribution in [0.25, 0.3) is 0 Å². The van der Waals surface area contributed by atoms with Crippen LogP contribution in [0, 0.1) is 12.7 Å². The normalized spacial score (nSPS) is 17.9. The lowest BCUT2D eigenvalue weighted by Crippen LogP contribution is -2.53. The van der Waals surface area contributed by atoms with Crippen molar-refractivity contribution in [2.45, 2.75) is 24.5 Å². The van der Waals surface area contributed by atoms with E-state index in [-0.39, 0.29) is 23.5 Å². The zero-order valence-corrected chi connectivity index (χ0v) is 17.6. The number of nitrogens with one attached hydrogen (secondary N) is 2. The van der Waals surface area contributed by atoms with Gasteiger partial charge in [-0.3, -0.25) is 9.59 Å². The Hall–Kier alpha value is -2.08. The van der Waals surface area contributed by atoms with Crippen LogP contribution < -0.4 is 10.6 Å². The Morgan fingerprint density at radius 1 is 1.28 bits per heavy atom. The topological polar surface area (TPSA) is 108 Å². The molecular weight excluding hydrogens is 403 g/mol. The third-order valence-electron chi connectivity index (χ3n) is 4.37. The quantitative estimate of drug-likeness (QED) is 0.574. The van der Waals surface area contributed by atoms with Gasteiger partial charge in [0.2, 0.25) is 10.0 Å². The third-order valence-corrected chi connectivity index (χ3v) is 6.41. The molecule has 2 rings (SSSR count). The largest absolute Gasteiger partial charge is 0.360 e. The minimum absolute atomic E-state index is 0.0258. The fourth-order valence-corrected chi connectivity index (χ4v) is 4.64. The highest BCUT2D eigenvalue weighted by Gasteiger charge is 2.35. The van der Waals surface area contributed by atoms with E-state index in [0.29, 0.717) is 26.1 Å². The van der Waals surface area contributed by atoms with E-state index in [1.165, 1.54) is 13.0 Å². The van der Waals surface area contributed by atoms with Crippen molar-refractivity contribution in [2.24, 2.45) is 0 Å². The standard InChI is InChI=1S/C18H27FN4O5S/c1-13-11-14(19)5-6-15(13)29(26,27)23-8-4-10-28-16(23)12-21-18(25)17(24)20-7-9-22(2)3/h5-6,11,16H,4,7-10,12H2,1-3H3,(H,20,24)(H,21,25)/t16-/m1/s1. The molecule has 1 aliphatic heterocycles. The van der Waals surface area contributed by atoms with Crippen LogP contribution in [-0.4, -0.2) is 82.5 Å². The van der Waals surface area contributed by atoms with Gasteiger partial charge >= 0.3 is 11.8 Å². The smallest absolute Gasteiger partial charge is 0.309 e. The molecule has 1 fully saturated rings. The van der Waals surface area contributed by atoms with Crippen LogP contribution in [0.3, 0.4) is 0 Å². The lowest BCUT2D eigenvalue weighted by Gasteiger charge is -2.34. The maximum absolute atomic E-state index is 13.4. The molecule has 1 atom stereocenters. The van der Waals surface area contributed by atoms with Crippen LogP contribution in [0.15, 0.2) is 23.1 Å². The summed E-state index contributed by atoms with van der Waals surface area (Å²) in [6.07, 6.45) is -0.480. The number of halogens is 1. The number of hydrogen-bond acceptors (Lipinski definition) is 6. The van der Waals surface area contributed by atoms with Gasteiger partial charge in [-0.1, -0.05) is 0 Å². The Morgan fingerprint density at radius 2 is 1.97 bits per heavy atom. The number of carbonyl (C=O) groups is 2. The molecule has 29 heavy (non-hydrogen) atoms. The Balaban J connectivity index is 2.04. The van der Waals surface area contributed by atoms with Crippen molar-refractivity contribution in [1.82, 2.24) is 19.8 Å². The number of likely N-dealkylation sites (N-methyl/N-ethyl adjacent to an activating group) is 1. The van der Waals surface area contributed by atoms with Gasteiger partial charge in [0.1, 0.15) is 12.0 Å². The molecule has 2 N–H and O–H groups in total. The van der Waals surface area contributed by atoms with Crippen LogP contribution in [0.5, 0.6) is 0 Å². The summed E-state index contributed by atoms with van der Waals surface area (Å²) < 4.78 is 46.1. The number of hydrogen-bond donors (Lipinski definition) is 2. The molecule has 0 aromatic heterocycles. The first kappa shape index (κ1) is 23.2. The Morgan fingerprint density at radius 3 is 2.62 bits per heavy atom. The lowest BCUT2D eigenvalue weighted by atomic mass is 10.2. The molecule has 0 unspecified atom stereocenters. The Kier molecular flexibility index (Phi) is 8.08. The van der Waals surface area contributed by atoms with E-state index < -0.39 is 33.9 Å². The SMILES string of the molecule is Cc1cc(F)ccc1S(=O)(=O)N1CCCO[C@@H]1CNC(=O)C(=O)NCCN(C)C. The summed E-state index contributed by atoms with van der Waals surface area (Å²) in [5.74, 6) is -2.19. The fraction of sp³-hybridized carbons (Fsp3) is 0.556. The molecule has 1 aliphatic rings. The zero-order chi connectivity index (χ0) is 21.6. The minimum Gasteiger partial charge on any atom is -0.360 e. The van der Waals surface area contributed by atoms with E-state index >= 15 is 0 Å². The number of ether oxygens (including phenoxy) is 1. The number of benzene rings is 1. The number of rotatable bonds is 7. The number of sulfonamides is 1. The van der Waals surface area contributed by atoms with Gasteiger partial charge in [-0.05, 0) is 51.2 Å². The summed E-state index contributed by atoms with van der Waals surface area (Å²) in [7, 11) is -0.291. The monoisotopic (exact) mass is 430 g/mol. The first-order chi connectivity index (χ1) is 13.6. The van der Waals surface area contributed by atoms with Crippen molar-refractivity contribution in [3.63, 3.8) is 0 Å². The third kappa shape index (κ3) is 6.20. The molecule has 0 radical (unpaired) electrons. The number of amides is 2. The second-order valence-electron chi connectivity index (χ2n) is 6.97. The molecule has 11 heteroatoms. The van der Waals surface area contributed by atoms with E-state index in [1.54, 1.807) is 0 Å². The Labute approximate surface area is 170 Å². The molecule has 1 aromatic carbocycles. The Bertz CT molecular complexity index is 847. The van der Waals surface area contributed by atoms with E-state index in [4.69, 9.17) is 4.74 Å². The second-order valence-corrected chi connectivity index (χ2v) is 8.83. The van der Waals surface area contributed by atoms with E-state index in [0.717, 1.165) is 16.4 Å². The summed E-state index contributed by atoms with van der Waals surface area (Å²) in [4.78, 5) is 25.6. The maximum Gasteiger partial charge on any atom is 0.309 e. The van der Waals surface area contributed by atoms with Crippen molar-refractivity contribution in [3.05, 3.63) is 29.6 Å². The van der Waals surface area contributed by atoms with Gasteiger partial charge in [0, 0.05) is 19.6 Å². The highest BCUT2D eigenvalue weighted by atomic mass is 32.2. The number of carbonyl (C=O) groups excluding carboxylic acids is 2. The molecule has 1 aromatic rings. The highest BCUT2D eigenvalue weighted by Crippen LogP contribution is 2.25. The number of aryl methyl sites for hydroxylation is 1. The van der Waals surface area contributed by atoms with E-state index in [9.17, 15) is 22.4 Å². The van der Waals surface area contributed by atoms with Crippen LogP contribution in [0.4, 0.5) is 4.39 Å². The van der Waals surface area contributed by atoms with Crippen molar-refractivity contribution >= 4 is 21.8 Å². The first-order valence-electron chi connectivity index (χ1n) is 9.23. The summed E-state index contributed by atoms with van der Waals surface area (Å²) in [5, 5.41) is 4.89. The maximum atomic E-state index is 13.4.